The number of halogens is 1. The molecule has 0 aliphatic carbocycles. The van der Waals surface area contributed by atoms with Crippen LogP contribution in [0.5, 0.6) is 5.75 Å². The van der Waals surface area contributed by atoms with E-state index in [4.69, 9.17) is 16.2 Å². The lowest BCUT2D eigenvalue weighted by atomic mass is 10.1. The minimum Gasteiger partial charge on any atom is -0.492 e. The van der Waals surface area contributed by atoms with Gasteiger partial charge in [-0.15, -0.1) is 0 Å². The van der Waals surface area contributed by atoms with E-state index >= 15 is 0 Å². The number of hydrogen-bond donors (Lipinski definition) is 2. The summed E-state index contributed by atoms with van der Waals surface area (Å²) in [5.41, 5.74) is 11.4. The first kappa shape index (κ1) is 13.4. The van der Waals surface area contributed by atoms with Crippen LogP contribution in [0.3, 0.4) is 0 Å². The van der Waals surface area contributed by atoms with Crippen LogP contribution in [0, 0.1) is 11.7 Å². The van der Waals surface area contributed by atoms with Crippen molar-refractivity contribution in [1.29, 1.82) is 0 Å². The Morgan fingerprint density at radius 1 is 1.47 bits per heavy atom. The van der Waals surface area contributed by atoms with Crippen LogP contribution in [0.1, 0.15) is 25.5 Å². The van der Waals surface area contributed by atoms with Gasteiger partial charge in [0.15, 0.2) is 0 Å². The fourth-order valence-electron chi connectivity index (χ4n) is 1.30. The number of rotatable bonds is 5. The normalized spacial score (nSPS) is 14.1. The third-order valence-electron chi connectivity index (χ3n) is 2.44. The van der Waals surface area contributed by atoms with E-state index in [-0.39, 0.29) is 18.5 Å². The number of primary amides is 1. The highest BCUT2D eigenvalue weighted by Gasteiger charge is 2.13. The average Bonchev–Trinajstić information content (AvgIpc) is 2.26. The van der Waals surface area contributed by atoms with Gasteiger partial charge in [0, 0.05) is 11.6 Å². The van der Waals surface area contributed by atoms with Gasteiger partial charge in [-0.05, 0) is 25.1 Å². The molecule has 1 rings (SSSR count). The Morgan fingerprint density at radius 3 is 2.65 bits per heavy atom. The molecule has 0 fully saturated rings. The number of carbonyl (C=O) groups excluding carboxylic acids is 1. The molecule has 17 heavy (non-hydrogen) atoms. The number of ether oxygens (including phenoxy) is 1. The first-order valence-corrected chi connectivity index (χ1v) is 5.39. The SMILES string of the molecule is CC(COc1ccc(F)cc1C(C)N)C(N)=O. The van der Waals surface area contributed by atoms with Crippen molar-refractivity contribution < 1.29 is 13.9 Å². The average molecular weight is 240 g/mol. The van der Waals surface area contributed by atoms with Gasteiger partial charge in [-0.25, -0.2) is 4.39 Å². The zero-order valence-corrected chi connectivity index (χ0v) is 9.94. The van der Waals surface area contributed by atoms with Crippen LogP contribution in [0.15, 0.2) is 18.2 Å². The Kier molecular flexibility index (Phi) is 4.45. The fraction of sp³-hybridized carbons (Fsp3) is 0.417. The summed E-state index contributed by atoms with van der Waals surface area (Å²) in [7, 11) is 0. The molecular weight excluding hydrogens is 223 g/mol. The number of benzene rings is 1. The summed E-state index contributed by atoms with van der Waals surface area (Å²) < 4.78 is 18.5. The second-order valence-corrected chi connectivity index (χ2v) is 4.09. The first-order valence-electron chi connectivity index (χ1n) is 5.39. The van der Waals surface area contributed by atoms with Gasteiger partial charge < -0.3 is 16.2 Å². The van der Waals surface area contributed by atoms with Gasteiger partial charge in [0.25, 0.3) is 0 Å². The van der Waals surface area contributed by atoms with Gasteiger partial charge >= 0.3 is 0 Å². The van der Waals surface area contributed by atoms with Gasteiger partial charge in [-0.1, -0.05) is 6.92 Å². The lowest BCUT2D eigenvalue weighted by Gasteiger charge is -2.15. The summed E-state index contributed by atoms with van der Waals surface area (Å²) in [5.74, 6) is -0.724. The van der Waals surface area contributed by atoms with Crippen molar-refractivity contribution >= 4 is 5.91 Å². The fourth-order valence-corrected chi connectivity index (χ4v) is 1.30. The first-order chi connectivity index (χ1) is 7.91. The van der Waals surface area contributed by atoms with E-state index in [2.05, 4.69) is 0 Å². The molecule has 2 atom stereocenters. The predicted octanol–water partition coefficient (Wildman–Crippen LogP) is 1.35. The summed E-state index contributed by atoms with van der Waals surface area (Å²) >= 11 is 0. The number of amides is 1. The van der Waals surface area contributed by atoms with Crippen LogP contribution in [-0.4, -0.2) is 12.5 Å². The maximum atomic E-state index is 13.0. The van der Waals surface area contributed by atoms with Gasteiger partial charge in [-0.2, -0.15) is 0 Å². The van der Waals surface area contributed by atoms with Crippen molar-refractivity contribution in [2.24, 2.45) is 17.4 Å². The molecule has 0 aromatic heterocycles. The van der Waals surface area contributed by atoms with E-state index in [0.29, 0.717) is 11.3 Å². The van der Waals surface area contributed by atoms with E-state index in [1.165, 1.54) is 18.2 Å². The van der Waals surface area contributed by atoms with Crippen molar-refractivity contribution in [3.63, 3.8) is 0 Å². The topological polar surface area (TPSA) is 78.3 Å². The third-order valence-corrected chi connectivity index (χ3v) is 2.44. The van der Waals surface area contributed by atoms with Gasteiger partial charge in [0.1, 0.15) is 11.6 Å². The number of nitrogens with two attached hydrogens (primary N) is 2. The minimum atomic E-state index is -0.436. The molecule has 4 nitrogen and oxygen atoms in total. The molecule has 1 aromatic rings. The van der Waals surface area contributed by atoms with E-state index in [0.717, 1.165) is 0 Å². The Hall–Kier alpha value is -1.62. The molecule has 0 saturated carbocycles. The monoisotopic (exact) mass is 240 g/mol. The minimum absolute atomic E-state index is 0.153. The van der Waals surface area contributed by atoms with Crippen LogP contribution >= 0.6 is 0 Å². The summed E-state index contributed by atoms with van der Waals surface area (Å²) in [4.78, 5) is 10.9. The zero-order chi connectivity index (χ0) is 13.0. The molecule has 1 amide bonds. The molecule has 0 bridgehead atoms. The van der Waals surface area contributed by atoms with Crippen molar-refractivity contribution in [3.8, 4) is 5.75 Å². The van der Waals surface area contributed by atoms with E-state index in [1.807, 2.05) is 0 Å². The smallest absolute Gasteiger partial charge is 0.223 e. The Bertz CT molecular complexity index is 407. The second-order valence-electron chi connectivity index (χ2n) is 4.09. The quantitative estimate of drug-likeness (QED) is 0.815. The van der Waals surface area contributed by atoms with Crippen molar-refractivity contribution in [2.45, 2.75) is 19.9 Å². The summed E-state index contributed by atoms with van der Waals surface area (Å²) in [6.07, 6.45) is 0. The molecule has 1 aromatic carbocycles. The molecule has 0 radical (unpaired) electrons. The van der Waals surface area contributed by atoms with Crippen LogP contribution in [0.2, 0.25) is 0 Å². The van der Waals surface area contributed by atoms with Crippen molar-refractivity contribution in [3.05, 3.63) is 29.6 Å². The van der Waals surface area contributed by atoms with Crippen LogP contribution < -0.4 is 16.2 Å². The molecule has 0 aliphatic heterocycles. The van der Waals surface area contributed by atoms with Crippen LogP contribution in [-0.2, 0) is 4.79 Å². The molecule has 94 valence electrons. The molecule has 0 saturated heterocycles. The predicted molar refractivity (Wildman–Crippen MR) is 62.9 cm³/mol. The molecule has 2 unspecified atom stereocenters. The second kappa shape index (κ2) is 5.63. The highest BCUT2D eigenvalue weighted by molar-refractivity contribution is 5.76. The van der Waals surface area contributed by atoms with Crippen molar-refractivity contribution in [2.75, 3.05) is 6.61 Å². The molecular formula is C12H17FN2O2. The van der Waals surface area contributed by atoms with Crippen molar-refractivity contribution in [1.82, 2.24) is 0 Å². The third kappa shape index (κ3) is 3.71. The Morgan fingerprint density at radius 2 is 2.12 bits per heavy atom. The van der Waals surface area contributed by atoms with Gasteiger partial charge in [0.2, 0.25) is 5.91 Å². The van der Waals surface area contributed by atoms with E-state index < -0.39 is 11.8 Å². The molecule has 5 heteroatoms. The lowest BCUT2D eigenvalue weighted by Crippen LogP contribution is -2.26. The molecule has 4 N–H and O–H groups in total. The van der Waals surface area contributed by atoms with E-state index in [9.17, 15) is 9.18 Å². The highest BCUT2D eigenvalue weighted by Crippen LogP contribution is 2.25. The van der Waals surface area contributed by atoms with E-state index in [1.54, 1.807) is 13.8 Å². The van der Waals surface area contributed by atoms with Crippen LogP contribution in [0.25, 0.3) is 0 Å². The standard InChI is InChI=1S/C12H17FN2O2/c1-7(12(15)16)6-17-11-4-3-9(13)5-10(11)8(2)14/h3-5,7-8H,6,14H2,1-2H3,(H2,15,16). The Labute approximate surface area is 99.7 Å². The van der Waals surface area contributed by atoms with Gasteiger partial charge in [-0.3, -0.25) is 4.79 Å². The zero-order valence-electron chi connectivity index (χ0n) is 9.94. The Balaban J connectivity index is 2.80. The maximum absolute atomic E-state index is 13.0. The van der Waals surface area contributed by atoms with Gasteiger partial charge in [0.05, 0.1) is 12.5 Å². The highest BCUT2D eigenvalue weighted by atomic mass is 19.1. The largest absolute Gasteiger partial charge is 0.492 e. The summed E-state index contributed by atoms with van der Waals surface area (Å²) in [6, 6.07) is 3.77. The lowest BCUT2D eigenvalue weighted by molar-refractivity contribution is -0.122. The summed E-state index contributed by atoms with van der Waals surface area (Å²) in [6.45, 7) is 3.55. The maximum Gasteiger partial charge on any atom is 0.223 e. The number of hydrogen-bond acceptors (Lipinski definition) is 3. The molecule has 0 spiro atoms. The molecule has 0 aliphatic rings. The van der Waals surface area contributed by atoms with Crippen LogP contribution in [0.4, 0.5) is 4.39 Å². The summed E-state index contributed by atoms with van der Waals surface area (Å²) in [5, 5.41) is 0. The molecule has 0 heterocycles. The number of carbonyl (C=O) groups is 1.